The molecule has 2 rings (SSSR count). The van der Waals surface area contributed by atoms with Crippen molar-refractivity contribution in [3.63, 3.8) is 0 Å². The summed E-state index contributed by atoms with van der Waals surface area (Å²) in [7, 11) is 4.14. The molecule has 1 N–H and O–H groups in total. The second kappa shape index (κ2) is 6.88. The van der Waals surface area contributed by atoms with E-state index in [0.717, 1.165) is 0 Å². The fourth-order valence-electron chi connectivity index (χ4n) is 2.58. The Morgan fingerprint density at radius 3 is 2.44 bits per heavy atom. The van der Waals surface area contributed by atoms with Crippen LogP contribution in [0, 0.1) is 0 Å². The highest BCUT2D eigenvalue weighted by atomic mass is 15.5. The lowest BCUT2D eigenvalue weighted by molar-refractivity contribution is 0.149. The van der Waals surface area contributed by atoms with Crippen LogP contribution in [0.2, 0.25) is 0 Å². The van der Waals surface area contributed by atoms with E-state index in [0.29, 0.717) is 6.04 Å². The SMILES string of the molecule is CN(C)NC1CCN(CCc2ccccc2)CC1. The second-order valence-electron chi connectivity index (χ2n) is 5.38. The standard InChI is InChI=1S/C15H25N3/c1-17(2)16-15-9-12-18(13-10-15)11-8-14-6-4-3-5-7-14/h3-7,15-16H,8-13H2,1-2H3. The van der Waals surface area contributed by atoms with Gasteiger partial charge in [-0.05, 0) is 37.9 Å². The van der Waals surface area contributed by atoms with Gasteiger partial charge in [0.05, 0.1) is 0 Å². The minimum Gasteiger partial charge on any atom is -0.303 e. The Morgan fingerprint density at radius 2 is 1.83 bits per heavy atom. The highest BCUT2D eigenvalue weighted by Gasteiger charge is 2.18. The number of nitrogens with zero attached hydrogens (tertiary/aromatic N) is 2. The Balaban J connectivity index is 1.68. The number of hydrogen-bond donors (Lipinski definition) is 1. The van der Waals surface area contributed by atoms with Gasteiger partial charge >= 0.3 is 0 Å². The van der Waals surface area contributed by atoms with Crippen LogP contribution in [-0.2, 0) is 6.42 Å². The predicted molar refractivity (Wildman–Crippen MR) is 76.4 cm³/mol. The van der Waals surface area contributed by atoms with Gasteiger partial charge in [-0.25, -0.2) is 0 Å². The maximum atomic E-state index is 3.48. The van der Waals surface area contributed by atoms with Crippen molar-refractivity contribution in [2.45, 2.75) is 25.3 Å². The number of hydrogen-bond acceptors (Lipinski definition) is 3. The minimum atomic E-state index is 0.660. The van der Waals surface area contributed by atoms with Gasteiger partial charge in [-0.1, -0.05) is 30.3 Å². The Kier molecular flexibility index (Phi) is 5.17. The molecule has 0 saturated carbocycles. The van der Waals surface area contributed by atoms with E-state index in [1.165, 1.54) is 44.5 Å². The average Bonchev–Trinajstić information content (AvgIpc) is 2.38. The van der Waals surface area contributed by atoms with E-state index in [9.17, 15) is 0 Å². The molecule has 1 aliphatic heterocycles. The average molecular weight is 247 g/mol. The summed E-state index contributed by atoms with van der Waals surface area (Å²) in [5.74, 6) is 0. The van der Waals surface area contributed by atoms with Crippen molar-refractivity contribution in [1.29, 1.82) is 0 Å². The van der Waals surface area contributed by atoms with Crippen molar-refractivity contribution in [1.82, 2.24) is 15.3 Å². The van der Waals surface area contributed by atoms with Crippen molar-refractivity contribution in [3.05, 3.63) is 35.9 Å². The van der Waals surface area contributed by atoms with Gasteiger partial charge in [-0.15, -0.1) is 0 Å². The Hall–Kier alpha value is -0.900. The monoisotopic (exact) mass is 247 g/mol. The molecule has 1 aromatic carbocycles. The van der Waals surface area contributed by atoms with E-state index in [1.807, 2.05) is 0 Å². The molecule has 0 aromatic heterocycles. The van der Waals surface area contributed by atoms with Crippen LogP contribution < -0.4 is 5.43 Å². The van der Waals surface area contributed by atoms with Gasteiger partial charge in [0.25, 0.3) is 0 Å². The smallest absolute Gasteiger partial charge is 0.0239 e. The molecule has 18 heavy (non-hydrogen) atoms. The summed E-state index contributed by atoms with van der Waals surface area (Å²) in [5, 5.41) is 2.07. The summed E-state index contributed by atoms with van der Waals surface area (Å²) in [6.07, 6.45) is 3.69. The molecule has 0 spiro atoms. The maximum Gasteiger partial charge on any atom is 0.0239 e. The molecule has 0 amide bonds. The van der Waals surface area contributed by atoms with E-state index in [-0.39, 0.29) is 0 Å². The molecule has 1 fully saturated rings. The molecule has 0 radical (unpaired) electrons. The molecular weight excluding hydrogens is 222 g/mol. The molecule has 0 bridgehead atoms. The fourth-order valence-corrected chi connectivity index (χ4v) is 2.58. The Morgan fingerprint density at radius 1 is 1.17 bits per heavy atom. The summed E-state index contributed by atoms with van der Waals surface area (Å²) < 4.78 is 0. The van der Waals surface area contributed by atoms with E-state index in [2.05, 4.69) is 59.8 Å². The number of benzene rings is 1. The van der Waals surface area contributed by atoms with Crippen LogP contribution in [0.4, 0.5) is 0 Å². The van der Waals surface area contributed by atoms with Crippen LogP contribution in [-0.4, -0.2) is 49.7 Å². The number of nitrogens with one attached hydrogen (secondary N) is 1. The predicted octanol–water partition coefficient (Wildman–Crippen LogP) is 1.76. The molecule has 0 atom stereocenters. The zero-order chi connectivity index (χ0) is 12.8. The van der Waals surface area contributed by atoms with Gasteiger partial charge in [0.1, 0.15) is 0 Å². The quantitative estimate of drug-likeness (QED) is 0.800. The van der Waals surface area contributed by atoms with Crippen LogP contribution in [0.25, 0.3) is 0 Å². The maximum absolute atomic E-state index is 3.48. The van der Waals surface area contributed by atoms with Crippen LogP contribution >= 0.6 is 0 Å². The van der Waals surface area contributed by atoms with Crippen molar-refractivity contribution in [2.75, 3.05) is 33.7 Å². The second-order valence-corrected chi connectivity index (χ2v) is 5.38. The van der Waals surface area contributed by atoms with Crippen LogP contribution in [0.3, 0.4) is 0 Å². The normalized spacial score (nSPS) is 18.4. The third-order valence-corrected chi connectivity index (χ3v) is 3.59. The number of likely N-dealkylation sites (tertiary alicyclic amines) is 1. The van der Waals surface area contributed by atoms with Crippen LogP contribution in [0.1, 0.15) is 18.4 Å². The highest BCUT2D eigenvalue weighted by molar-refractivity contribution is 5.14. The van der Waals surface area contributed by atoms with Crippen molar-refractivity contribution >= 4 is 0 Å². The lowest BCUT2D eigenvalue weighted by Gasteiger charge is -2.33. The van der Waals surface area contributed by atoms with Crippen molar-refractivity contribution in [2.24, 2.45) is 0 Å². The molecule has 1 heterocycles. The van der Waals surface area contributed by atoms with Gasteiger partial charge < -0.3 is 4.90 Å². The molecule has 1 aromatic rings. The van der Waals surface area contributed by atoms with Gasteiger partial charge in [-0.3, -0.25) is 10.4 Å². The zero-order valence-electron chi connectivity index (χ0n) is 11.6. The topological polar surface area (TPSA) is 18.5 Å². The number of piperidine rings is 1. The summed E-state index contributed by atoms with van der Waals surface area (Å²) in [6.45, 7) is 3.63. The van der Waals surface area contributed by atoms with E-state index in [4.69, 9.17) is 0 Å². The third-order valence-electron chi connectivity index (χ3n) is 3.59. The van der Waals surface area contributed by atoms with E-state index in [1.54, 1.807) is 0 Å². The van der Waals surface area contributed by atoms with Crippen LogP contribution in [0.5, 0.6) is 0 Å². The summed E-state index contributed by atoms with van der Waals surface area (Å²) in [5.41, 5.74) is 4.93. The van der Waals surface area contributed by atoms with E-state index >= 15 is 0 Å². The largest absolute Gasteiger partial charge is 0.303 e. The minimum absolute atomic E-state index is 0.660. The molecule has 3 nitrogen and oxygen atoms in total. The van der Waals surface area contributed by atoms with Crippen LogP contribution in [0.15, 0.2) is 30.3 Å². The van der Waals surface area contributed by atoms with Crippen molar-refractivity contribution in [3.8, 4) is 0 Å². The number of hydrazine groups is 1. The first kappa shape index (κ1) is 13.5. The summed E-state index contributed by atoms with van der Waals surface area (Å²) in [4.78, 5) is 2.58. The van der Waals surface area contributed by atoms with Gasteiger partial charge in [0, 0.05) is 26.7 Å². The molecule has 3 heteroatoms. The Labute approximate surface area is 111 Å². The highest BCUT2D eigenvalue weighted by Crippen LogP contribution is 2.11. The number of rotatable bonds is 5. The Bertz CT molecular complexity index is 329. The third kappa shape index (κ3) is 4.41. The van der Waals surface area contributed by atoms with E-state index < -0.39 is 0 Å². The van der Waals surface area contributed by atoms with Gasteiger partial charge in [0.15, 0.2) is 0 Å². The lowest BCUT2D eigenvalue weighted by atomic mass is 10.0. The fraction of sp³-hybridized carbons (Fsp3) is 0.600. The lowest BCUT2D eigenvalue weighted by Crippen LogP contribution is -2.47. The molecule has 0 aliphatic carbocycles. The van der Waals surface area contributed by atoms with Gasteiger partial charge in [-0.2, -0.15) is 0 Å². The zero-order valence-corrected chi connectivity index (χ0v) is 11.6. The molecule has 1 aliphatic rings. The van der Waals surface area contributed by atoms with Crippen molar-refractivity contribution < 1.29 is 0 Å². The molecular formula is C15H25N3. The molecule has 0 unspecified atom stereocenters. The molecule has 1 saturated heterocycles. The summed E-state index contributed by atoms with van der Waals surface area (Å²) in [6, 6.07) is 11.4. The first-order valence-electron chi connectivity index (χ1n) is 6.94. The first-order chi connectivity index (χ1) is 8.74. The summed E-state index contributed by atoms with van der Waals surface area (Å²) >= 11 is 0. The van der Waals surface area contributed by atoms with Gasteiger partial charge in [0.2, 0.25) is 0 Å². The molecule has 100 valence electrons. The first-order valence-corrected chi connectivity index (χ1v) is 6.94.